The smallest absolute Gasteiger partial charge is 0.241 e. The number of rotatable bonds is 5. The summed E-state index contributed by atoms with van der Waals surface area (Å²) in [5.41, 5.74) is 6.11. The molecule has 0 fully saturated rings. The van der Waals surface area contributed by atoms with E-state index < -0.39 is 6.04 Å². The normalized spacial score (nSPS) is 12.2. The molecule has 0 aromatic heterocycles. The number of carbonyl (C=O) groups excluding carboxylic acids is 1. The number of benzene rings is 1. The second kappa shape index (κ2) is 6.61. The van der Waals surface area contributed by atoms with E-state index in [1.165, 1.54) is 6.07 Å². The zero-order chi connectivity index (χ0) is 12.8. The summed E-state index contributed by atoms with van der Waals surface area (Å²) in [6, 6.07) is 4.31. The van der Waals surface area contributed by atoms with Gasteiger partial charge in [0.2, 0.25) is 5.91 Å². The zero-order valence-electron chi connectivity index (χ0n) is 9.74. The molecular weight excluding hydrogens is 284 g/mol. The molecule has 0 unspecified atom stereocenters. The van der Waals surface area contributed by atoms with Crippen molar-refractivity contribution in [3.8, 4) is 5.75 Å². The Bertz CT molecular complexity index is 396. The molecule has 17 heavy (non-hydrogen) atoms. The summed E-state index contributed by atoms with van der Waals surface area (Å²) in [5.74, 6) is -0.240. The number of amides is 1. The molecule has 4 nitrogen and oxygen atoms in total. The van der Waals surface area contributed by atoms with Crippen molar-refractivity contribution in [2.24, 2.45) is 5.73 Å². The Hall–Kier alpha value is -1.07. The number of nitrogens with one attached hydrogen (secondary N) is 1. The van der Waals surface area contributed by atoms with E-state index in [2.05, 4.69) is 21.2 Å². The third-order valence-electron chi connectivity index (χ3n) is 2.42. The van der Waals surface area contributed by atoms with E-state index >= 15 is 0 Å². The van der Waals surface area contributed by atoms with Crippen LogP contribution in [0.15, 0.2) is 22.7 Å². The Balaban J connectivity index is 2.64. The van der Waals surface area contributed by atoms with Gasteiger partial charge < -0.3 is 16.2 Å². The zero-order valence-corrected chi connectivity index (χ0v) is 11.3. The summed E-state index contributed by atoms with van der Waals surface area (Å²) < 4.78 is 0.785. The first-order chi connectivity index (χ1) is 8.04. The number of halogens is 1. The molecule has 0 bridgehead atoms. The van der Waals surface area contributed by atoms with Crippen LogP contribution in [0.2, 0.25) is 0 Å². The van der Waals surface area contributed by atoms with Crippen LogP contribution in [0.3, 0.4) is 0 Å². The second-order valence-electron chi connectivity index (χ2n) is 3.90. The van der Waals surface area contributed by atoms with Crippen molar-refractivity contribution in [1.29, 1.82) is 0 Å². The quantitative estimate of drug-likeness (QED) is 0.732. The highest BCUT2D eigenvalue weighted by Gasteiger charge is 2.14. The first-order valence-electron chi connectivity index (χ1n) is 5.59. The summed E-state index contributed by atoms with van der Waals surface area (Å²) in [6.07, 6.45) is 2.57. The topological polar surface area (TPSA) is 75.4 Å². The SMILES string of the molecule is CCCC[C@H](N)C(=O)Nc1cc(Br)ccc1O. The Morgan fingerprint density at radius 3 is 2.94 bits per heavy atom. The first kappa shape index (κ1) is 14.0. The highest BCUT2D eigenvalue weighted by atomic mass is 79.9. The summed E-state index contributed by atoms with van der Waals surface area (Å²) in [5, 5.41) is 12.2. The number of phenols is 1. The maximum atomic E-state index is 11.7. The predicted octanol–water partition coefficient (Wildman–Crippen LogP) is 2.61. The molecule has 1 atom stereocenters. The van der Waals surface area contributed by atoms with Crippen LogP contribution in [-0.2, 0) is 4.79 Å². The molecule has 0 heterocycles. The van der Waals surface area contributed by atoms with Gasteiger partial charge in [-0.25, -0.2) is 0 Å². The van der Waals surface area contributed by atoms with E-state index in [0.717, 1.165) is 17.3 Å². The van der Waals surface area contributed by atoms with Gasteiger partial charge in [-0.2, -0.15) is 0 Å². The van der Waals surface area contributed by atoms with E-state index in [9.17, 15) is 9.90 Å². The molecule has 0 radical (unpaired) electrons. The van der Waals surface area contributed by atoms with Crippen LogP contribution in [0.25, 0.3) is 0 Å². The molecule has 1 amide bonds. The van der Waals surface area contributed by atoms with Crippen molar-refractivity contribution >= 4 is 27.5 Å². The molecule has 0 aliphatic carbocycles. The van der Waals surface area contributed by atoms with Crippen molar-refractivity contribution in [2.45, 2.75) is 32.2 Å². The molecule has 0 aliphatic heterocycles. The van der Waals surface area contributed by atoms with Gasteiger partial charge in [-0.1, -0.05) is 35.7 Å². The van der Waals surface area contributed by atoms with E-state index in [4.69, 9.17) is 5.73 Å². The number of carbonyl (C=O) groups is 1. The molecular formula is C12H17BrN2O2. The number of nitrogens with two attached hydrogens (primary N) is 1. The summed E-state index contributed by atoms with van der Waals surface area (Å²) in [4.78, 5) is 11.7. The third kappa shape index (κ3) is 4.36. The molecule has 1 aromatic carbocycles. The summed E-state index contributed by atoms with van der Waals surface area (Å²) >= 11 is 3.27. The second-order valence-corrected chi connectivity index (χ2v) is 4.82. The van der Waals surface area contributed by atoms with Gasteiger partial charge in [0.25, 0.3) is 0 Å². The fourth-order valence-corrected chi connectivity index (χ4v) is 1.75. The Morgan fingerprint density at radius 2 is 2.29 bits per heavy atom. The summed E-state index contributed by atoms with van der Waals surface area (Å²) in [7, 11) is 0. The Kier molecular flexibility index (Phi) is 5.44. The fraction of sp³-hybridized carbons (Fsp3) is 0.417. The van der Waals surface area contributed by atoms with Crippen molar-refractivity contribution < 1.29 is 9.90 Å². The maximum absolute atomic E-state index is 11.7. The molecule has 0 saturated heterocycles. The van der Waals surface area contributed by atoms with Gasteiger partial charge in [0, 0.05) is 4.47 Å². The molecule has 94 valence electrons. The lowest BCUT2D eigenvalue weighted by Crippen LogP contribution is -2.35. The average molecular weight is 301 g/mol. The van der Waals surface area contributed by atoms with E-state index in [1.54, 1.807) is 12.1 Å². The standard InChI is InChI=1S/C12H17BrN2O2/c1-2-3-4-9(14)12(17)15-10-7-8(13)5-6-11(10)16/h5-7,9,16H,2-4,14H2,1H3,(H,15,17)/t9-/m0/s1. The number of phenolic OH excluding ortho intramolecular Hbond substituents is 1. The van der Waals surface area contributed by atoms with Gasteiger partial charge in [0.1, 0.15) is 5.75 Å². The van der Waals surface area contributed by atoms with Crippen LogP contribution in [0, 0.1) is 0 Å². The Labute approximate surface area is 109 Å². The monoisotopic (exact) mass is 300 g/mol. The number of hydrogen-bond acceptors (Lipinski definition) is 3. The van der Waals surface area contributed by atoms with Gasteiger partial charge in [0.15, 0.2) is 0 Å². The molecule has 0 aliphatic rings. The lowest BCUT2D eigenvalue weighted by atomic mass is 10.1. The van der Waals surface area contributed by atoms with Crippen molar-refractivity contribution in [2.75, 3.05) is 5.32 Å². The molecule has 5 heteroatoms. The van der Waals surface area contributed by atoms with Gasteiger partial charge in [-0.15, -0.1) is 0 Å². The van der Waals surface area contributed by atoms with E-state index in [1.807, 2.05) is 6.92 Å². The number of hydrogen-bond donors (Lipinski definition) is 3. The first-order valence-corrected chi connectivity index (χ1v) is 6.39. The van der Waals surface area contributed by atoms with E-state index in [0.29, 0.717) is 12.1 Å². The van der Waals surface area contributed by atoms with Crippen LogP contribution in [0.1, 0.15) is 26.2 Å². The van der Waals surface area contributed by atoms with Crippen molar-refractivity contribution in [3.05, 3.63) is 22.7 Å². The Morgan fingerprint density at radius 1 is 1.59 bits per heavy atom. The maximum Gasteiger partial charge on any atom is 0.241 e. The van der Waals surface area contributed by atoms with Crippen LogP contribution in [-0.4, -0.2) is 17.1 Å². The van der Waals surface area contributed by atoms with Gasteiger partial charge in [-0.3, -0.25) is 4.79 Å². The van der Waals surface area contributed by atoms with E-state index in [-0.39, 0.29) is 11.7 Å². The highest BCUT2D eigenvalue weighted by Crippen LogP contribution is 2.26. The van der Waals surface area contributed by atoms with Gasteiger partial charge in [-0.05, 0) is 24.6 Å². The lowest BCUT2D eigenvalue weighted by molar-refractivity contribution is -0.117. The number of aromatic hydroxyl groups is 1. The highest BCUT2D eigenvalue weighted by molar-refractivity contribution is 9.10. The van der Waals surface area contributed by atoms with Crippen LogP contribution in [0.4, 0.5) is 5.69 Å². The minimum atomic E-state index is -0.534. The minimum Gasteiger partial charge on any atom is -0.506 e. The molecule has 4 N–H and O–H groups in total. The minimum absolute atomic E-state index is 0.0317. The fourth-order valence-electron chi connectivity index (χ4n) is 1.39. The van der Waals surface area contributed by atoms with Gasteiger partial charge in [0.05, 0.1) is 11.7 Å². The number of unbranched alkanes of at least 4 members (excludes halogenated alkanes) is 1. The third-order valence-corrected chi connectivity index (χ3v) is 2.92. The predicted molar refractivity (Wildman–Crippen MR) is 71.9 cm³/mol. The molecule has 0 spiro atoms. The number of anilines is 1. The van der Waals surface area contributed by atoms with Gasteiger partial charge >= 0.3 is 0 Å². The van der Waals surface area contributed by atoms with Crippen molar-refractivity contribution in [3.63, 3.8) is 0 Å². The lowest BCUT2D eigenvalue weighted by Gasteiger charge is -2.12. The van der Waals surface area contributed by atoms with Crippen LogP contribution >= 0.6 is 15.9 Å². The molecule has 1 rings (SSSR count). The molecule has 1 aromatic rings. The largest absolute Gasteiger partial charge is 0.506 e. The summed E-state index contributed by atoms with van der Waals surface area (Å²) in [6.45, 7) is 2.05. The molecule has 0 saturated carbocycles. The van der Waals surface area contributed by atoms with Crippen LogP contribution in [0.5, 0.6) is 5.75 Å². The van der Waals surface area contributed by atoms with Crippen molar-refractivity contribution in [1.82, 2.24) is 0 Å². The average Bonchev–Trinajstić information content (AvgIpc) is 2.30. The van der Waals surface area contributed by atoms with Crippen LogP contribution < -0.4 is 11.1 Å².